The van der Waals surface area contributed by atoms with E-state index >= 15 is 0 Å². The smallest absolute Gasteiger partial charge is 0.328 e. The van der Waals surface area contributed by atoms with Gasteiger partial charge in [0.1, 0.15) is 6.04 Å². The molecule has 1 aliphatic rings. The summed E-state index contributed by atoms with van der Waals surface area (Å²) in [6.07, 6.45) is 2.73. The number of carbonyl (C=O) groups excluding carboxylic acids is 1. The molecule has 1 atom stereocenters. The summed E-state index contributed by atoms with van der Waals surface area (Å²) >= 11 is 7.29. The van der Waals surface area contributed by atoms with Gasteiger partial charge < -0.3 is 15.0 Å². The number of rotatable bonds is 7. The largest absolute Gasteiger partial charge is 0.467 e. The van der Waals surface area contributed by atoms with Gasteiger partial charge in [0.25, 0.3) is 0 Å². The molecule has 29 heavy (non-hydrogen) atoms. The lowest BCUT2D eigenvalue weighted by Crippen LogP contribution is -2.54. The molecular formula is C22H29N3O2S2. The van der Waals surface area contributed by atoms with Crippen molar-refractivity contribution in [2.45, 2.75) is 19.0 Å². The van der Waals surface area contributed by atoms with Crippen LogP contribution in [0.15, 0.2) is 42.5 Å². The molecule has 1 unspecified atom stereocenters. The fourth-order valence-corrected chi connectivity index (χ4v) is 4.44. The van der Waals surface area contributed by atoms with Gasteiger partial charge in [0.15, 0.2) is 5.11 Å². The Morgan fingerprint density at radius 2 is 1.90 bits per heavy atom. The molecule has 0 amide bonds. The Labute approximate surface area is 182 Å². The molecule has 0 bridgehead atoms. The Balaban J connectivity index is 1.54. The molecule has 1 aliphatic heterocycles. The molecule has 7 heteroatoms. The van der Waals surface area contributed by atoms with Gasteiger partial charge in [-0.2, -0.15) is 11.8 Å². The third-order valence-electron chi connectivity index (χ3n) is 5.33. The summed E-state index contributed by atoms with van der Waals surface area (Å²) in [6, 6.07) is 14.7. The highest BCUT2D eigenvalue weighted by atomic mass is 32.2. The van der Waals surface area contributed by atoms with E-state index in [1.165, 1.54) is 23.4 Å². The molecule has 5 nitrogen and oxygen atoms in total. The van der Waals surface area contributed by atoms with E-state index in [2.05, 4.69) is 57.6 Å². The molecule has 1 heterocycles. The van der Waals surface area contributed by atoms with Crippen molar-refractivity contribution in [3.8, 4) is 0 Å². The number of nitrogens with zero attached hydrogens (tertiary/aromatic N) is 2. The van der Waals surface area contributed by atoms with Crippen LogP contribution in [0.1, 0.15) is 12.0 Å². The monoisotopic (exact) mass is 431 g/mol. The number of piperazine rings is 1. The van der Waals surface area contributed by atoms with Crippen molar-refractivity contribution >= 4 is 45.8 Å². The van der Waals surface area contributed by atoms with Gasteiger partial charge in [0, 0.05) is 32.7 Å². The van der Waals surface area contributed by atoms with Gasteiger partial charge in [-0.1, -0.05) is 42.5 Å². The molecular weight excluding hydrogens is 402 g/mol. The molecule has 1 fully saturated rings. The minimum absolute atomic E-state index is 0.254. The van der Waals surface area contributed by atoms with Crippen LogP contribution >= 0.6 is 24.0 Å². The van der Waals surface area contributed by atoms with Crippen molar-refractivity contribution in [1.29, 1.82) is 0 Å². The second-order valence-corrected chi connectivity index (χ2v) is 8.58. The van der Waals surface area contributed by atoms with Crippen LogP contribution in [0.3, 0.4) is 0 Å². The minimum Gasteiger partial charge on any atom is -0.467 e. The SMILES string of the molecule is COC(=O)C(CCSC)NC(=S)N1CCN(Cc2cccc3ccccc23)CC1. The number of hydrogen-bond donors (Lipinski definition) is 1. The molecule has 0 aromatic heterocycles. The minimum atomic E-state index is -0.381. The summed E-state index contributed by atoms with van der Waals surface area (Å²) in [4.78, 5) is 16.6. The fourth-order valence-electron chi connectivity index (χ4n) is 3.65. The second-order valence-electron chi connectivity index (χ2n) is 7.21. The number of methoxy groups -OCH3 is 1. The molecule has 2 aromatic rings. The summed E-state index contributed by atoms with van der Waals surface area (Å²) < 4.78 is 4.92. The number of esters is 1. The zero-order valence-corrected chi connectivity index (χ0v) is 18.7. The van der Waals surface area contributed by atoms with Crippen LogP contribution < -0.4 is 5.32 Å². The van der Waals surface area contributed by atoms with Crippen LogP contribution in [-0.4, -0.2) is 72.2 Å². The number of benzene rings is 2. The highest BCUT2D eigenvalue weighted by molar-refractivity contribution is 7.98. The Morgan fingerprint density at radius 1 is 1.17 bits per heavy atom. The number of thioether (sulfide) groups is 1. The number of ether oxygens (including phenoxy) is 1. The van der Waals surface area contributed by atoms with Crippen molar-refractivity contribution in [2.24, 2.45) is 0 Å². The maximum atomic E-state index is 12.0. The average Bonchev–Trinajstić information content (AvgIpc) is 2.76. The number of hydrogen-bond acceptors (Lipinski definition) is 5. The highest BCUT2D eigenvalue weighted by Gasteiger charge is 2.24. The quantitative estimate of drug-likeness (QED) is 0.534. The number of carbonyl (C=O) groups is 1. The molecule has 0 saturated carbocycles. The Kier molecular flexibility index (Phi) is 8.15. The number of thiocarbonyl (C=S) groups is 1. The van der Waals surface area contributed by atoms with E-state index in [-0.39, 0.29) is 12.0 Å². The maximum absolute atomic E-state index is 12.0. The van der Waals surface area contributed by atoms with Gasteiger partial charge in [-0.3, -0.25) is 4.90 Å². The first-order valence-corrected chi connectivity index (χ1v) is 11.7. The molecule has 1 N–H and O–H groups in total. The fraction of sp³-hybridized carbons (Fsp3) is 0.455. The van der Waals surface area contributed by atoms with Crippen molar-refractivity contribution in [3.63, 3.8) is 0 Å². The van der Waals surface area contributed by atoms with E-state index in [0.717, 1.165) is 38.5 Å². The van der Waals surface area contributed by atoms with Crippen molar-refractivity contribution < 1.29 is 9.53 Å². The number of fused-ring (bicyclic) bond motifs is 1. The second kappa shape index (κ2) is 10.8. The van der Waals surface area contributed by atoms with Gasteiger partial charge >= 0.3 is 5.97 Å². The predicted molar refractivity (Wildman–Crippen MR) is 125 cm³/mol. The van der Waals surface area contributed by atoms with Crippen LogP contribution in [0.2, 0.25) is 0 Å². The van der Waals surface area contributed by atoms with Crippen molar-refractivity contribution in [2.75, 3.05) is 45.3 Å². The lowest BCUT2D eigenvalue weighted by Gasteiger charge is -2.37. The summed E-state index contributed by atoms with van der Waals surface area (Å²) in [5.41, 5.74) is 1.36. The van der Waals surface area contributed by atoms with E-state index in [9.17, 15) is 4.79 Å². The maximum Gasteiger partial charge on any atom is 0.328 e. The topological polar surface area (TPSA) is 44.8 Å². The zero-order valence-electron chi connectivity index (χ0n) is 17.1. The Morgan fingerprint density at radius 3 is 2.62 bits per heavy atom. The third-order valence-corrected chi connectivity index (χ3v) is 6.35. The molecule has 0 spiro atoms. The third kappa shape index (κ3) is 5.84. The van der Waals surface area contributed by atoms with Crippen LogP contribution in [0.25, 0.3) is 10.8 Å². The van der Waals surface area contributed by atoms with E-state index < -0.39 is 0 Å². The van der Waals surface area contributed by atoms with Gasteiger partial charge in [0.05, 0.1) is 7.11 Å². The Bertz CT molecular complexity index is 832. The Hall–Kier alpha value is -1.83. The lowest BCUT2D eigenvalue weighted by atomic mass is 10.0. The molecule has 1 saturated heterocycles. The van der Waals surface area contributed by atoms with E-state index in [4.69, 9.17) is 17.0 Å². The van der Waals surface area contributed by atoms with Crippen LogP contribution in [0, 0.1) is 0 Å². The molecule has 2 aromatic carbocycles. The molecule has 0 aliphatic carbocycles. The average molecular weight is 432 g/mol. The van der Waals surface area contributed by atoms with Crippen LogP contribution in [0.4, 0.5) is 0 Å². The molecule has 156 valence electrons. The summed E-state index contributed by atoms with van der Waals surface area (Å²) in [5, 5.41) is 6.47. The van der Waals surface area contributed by atoms with Gasteiger partial charge in [0.2, 0.25) is 0 Å². The van der Waals surface area contributed by atoms with Gasteiger partial charge in [-0.15, -0.1) is 0 Å². The summed E-state index contributed by atoms with van der Waals surface area (Å²) in [7, 11) is 1.42. The zero-order chi connectivity index (χ0) is 20.6. The first kappa shape index (κ1) is 21.9. The van der Waals surface area contributed by atoms with Crippen molar-refractivity contribution in [1.82, 2.24) is 15.1 Å². The van der Waals surface area contributed by atoms with Gasteiger partial charge in [-0.25, -0.2) is 4.79 Å². The van der Waals surface area contributed by atoms with Crippen LogP contribution in [-0.2, 0) is 16.1 Å². The molecule has 3 rings (SSSR count). The van der Waals surface area contributed by atoms with E-state index in [0.29, 0.717) is 11.5 Å². The predicted octanol–water partition coefficient (Wildman–Crippen LogP) is 3.13. The number of nitrogens with one attached hydrogen (secondary N) is 1. The van der Waals surface area contributed by atoms with Crippen LogP contribution in [0.5, 0.6) is 0 Å². The standard InChI is InChI=1S/C22H29N3O2S2/c1-27-21(26)20(10-15-29-2)23-22(28)25-13-11-24(12-14-25)16-18-8-5-7-17-6-3-4-9-19(17)18/h3-9,20H,10-16H2,1-2H3,(H,23,28). The first-order valence-electron chi connectivity index (χ1n) is 9.93. The normalized spacial score (nSPS) is 15.9. The first-order chi connectivity index (χ1) is 14.1. The van der Waals surface area contributed by atoms with E-state index in [1.807, 2.05) is 6.26 Å². The van der Waals surface area contributed by atoms with Gasteiger partial charge in [-0.05, 0) is 47.0 Å². The lowest BCUT2D eigenvalue weighted by molar-refractivity contribution is -0.142. The van der Waals surface area contributed by atoms with E-state index in [1.54, 1.807) is 11.8 Å². The molecule has 0 radical (unpaired) electrons. The summed E-state index contributed by atoms with van der Waals surface area (Å²) in [6.45, 7) is 4.53. The van der Waals surface area contributed by atoms with Crippen molar-refractivity contribution in [3.05, 3.63) is 48.0 Å². The highest BCUT2D eigenvalue weighted by Crippen LogP contribution is 2.20. The summed E-state index contributed by atoms with van der Waals surface area (Å²) in [5.74, 6) is 0.629.